The van der Waals surface area contributed by atoms with Crippen LogP contribution >= 0.6 is 0 Å². The monoisotopic (exact) mass is 333 g/mol. The Morgan fingerprint density at radius 1 is 1.38 bits per heavy atom. The van der Waals surface area contributed by atoms with Gasteiger partial charge in [-0.2, -0.15) is 0 Å². The fourth-order valence-electron chi connectivity index (χ4n) is 3.32. The number of hydrogen-bond acceptors (Lipinski definition) is 4. The van der Waals surface area contributed by atoms with Crippen LogP contribution in [0.4, 0.5) is 0 Å². The van der Waals surface area contributed by atoms with Crippen LogP contribution in [-0.4, -0.2) is 41.5 Å². The first-order valence-corrected chi connectivity index (χ1v) is 8.70. The highest BCUT2D eigenvalue weighted by molar-refractivity contribution is 5.94. The zero-order valence-corrected chi connectivity index (χ0v) is 14.6. The van der Waals surface area contributed by atoms with Gasteiger partial charge in [-0.15, -0.1) is 0 Å². The number of nitrogens with zero attached hydrogens (tertiary/aromatic N) is 1. The van der Waals surface area contributed by atoms with Gasteiger partial charge in [0.15, 0.2) is 5.78 Å². The Labute approximate surface area is 143 Å². The van der Waals surface area contributed by atoms with Crippen LogP contribution in [0.5, 0.6) is 5.75 Å². The molecule has 1 heterocycles. The molecule has 132 valence electrons. The highest BCUT2D eigenvalue weighted by Crippen LogP contribution is 2.26. The molecule has 1 aliphatic heterocycles. The van der Waals surface area contributed by atoms with Crippen molar-refractivity contribution in [3.63, 3.8) is 0 Å². The number of carbonyl (C=O) groups excluding carboxylic acids is 1. The predicted octanol–water partition coefficient (Wildman–Crippen LogP) is 3.36. The second-order valence-corrected chi connectivity index (χ2v) is 6.49. The van der Waals surface area contributed by atoms with Crippen LogP contribution in [0.2, 0.25) is 0 Å². The molecule has 2 rings (SSSR count). The van der Waals surface area contributed by atoms with Crippen molar-refractivity contribution >= 4 is 11.8 Å². The molecule has 1 fully saturated rings. The van der Waals surface area contributed by atoms with Gasteiger partial charge in [0.1, 0.15) is 5.75 Å². The van der Waals surface area contributed by atoms with E-state index in [1.807, 2.05) is 25.1 Å². The van der Waals surface area contributed by atoms with Crippen molar-refractivity contribution in [3.8, 4) is 5.75 Å². The number of rotatable bonds is 8. The minimum absolute atomic E-state index is 0.0530. The zero-order valence-electron chi connectivity index (χ0n) is 14.6. The topological polar surface area (TPSA) is 66.8 Å². The number of carbonyl (C=O) groups is 2. The molecule has 1 saturated heterocycles. The maximum atomic E-state index is 11.7. The second kappa shape index (κ2) is 8.83. The number of hydrogen-bond donors (Lipinski definition) is 1. The normalized spacial score (nSPS) is 18.3. The van der Waals surface area contributed by atoms with E-state index in [1.54, 1.807) is 6.92 Å². The summed E-state index contributed by atoms with van der Waals surface area (Å²) in [4.78, 5) is 24.8. The van der Waals surface area contributed by atoms with Gasteiger partial charge in [0.2, 0.25) is 0 Å². The molecule has 0 aromatic heterocycles. The molecule has 0 aliphatic carbocycles. The van der Waals surface area contributed by atoms with Gasteiger partial charge >= 0.3 is 5.97 Å². The lowest BCUT2D eigenvalue weighted by Gasteiger charge is -2.33. The summed E-state index contributed by atoms with van der Waals surface area (Å²) in [5.74, 6) is 0.591. The number of carboxylic acids is 1. The van der Waals surface area contributed by atoms with Crippen LogP contribution in [-0.2, 0) is 11.3 Å². The molecular formula is C19H27NO4. The van der Waals surface area contributed by atoms with Crippen LogP contribution in [0.15, 0.2) is 18.2 Å². The number of Topliss-reactive ketones (excluding diaryl/α,β-unsaturated/α-hetero) is 1. The molecule has 1 unspecified atom stereocenters. The van der Waals surface area contributed by atoms with Crippen LogP contribution in [0.3, 0.4) is 0 Å². The van der Waals surface area contributed by atoms with Gasteiger partial charge in [0.25, 0.3) is 0 Å². The van der Waals surface area contributed by atoms with E-state index in [9.17, 15) is 9.59 Å². The van der Waals surface area contributed by atoms with Crippen LogP contribution in [0, 0.1) is 5.92 Å². The van der Waals surface area contributed by atoms with Gasteiger partial charge in [-0.25, -0.2) is 0 Å². The average Bonchev–Trinajstić information content (AvgIpc) is 2.55. The number of aliphatic carboxylic acids is 1. The molecule has 5 nitrogen and oxygen atoms in total. The average molecular weight is 333 g/mol. The van der Waals surface area contributed by atoms with Crippen molar-refractivity contribution in [3.05, 3.63) is 29.3 Å². The van der Waals surface area contributed by atoms with E-state index >= 15 is 0 Å². The Hall–Kier alpha value is -1.88. The van der Waals surface area contributed by atoms with Crippen molar-refractivity contribution in [1.82, 2.24) is 4.90 Å². The second-order valence-electron chi connectivity index (χ2n) is 6.49. The number of carboxylic acid groups (broad SMARTS) is 1. The summed E-state index contributed by atoms with van der Waals surface area (Å²) in [6, 6.07) is 5.61. The maximum Gasteiger partial charge on any atom is 0.303 e. The molecule has 0 amide bonds. The van der Waals surface area contributed by atoms with Gasteiger partial charge in [-0.3, -0.25) is 14.5 Å². The van der Waals surface area contributed by atoms with E-state index < -0.39 is 5.97 Å². The number of ketones is 1. The lowest BCUT2D eigenvalue weighted by atomic mass is 9.93. The Morgan fingerprint density at radius 3 is 2.83 bits per heavy atom. The maximum absolute atomic E-state index is 11.7. The van der Waals surface area contributed by atoms with Crippen molar-refractivity contribution < 1.29 is 19.4 Å². The SMILES string of the molecule is CCOc1ccc(C(C)=O)cc1CN1CCCC(CCC(=O)O)C1. The smallest absolute Gasteiger partial charge is 0.303 e. The standard InChI is InChI=1S/C19H27NO4/c1-3-24-18-8-7-16(14(2)21)11-17(18)13-20-10-4-5-15(12-20)6-9-19(22)23/h7-8,11,15H,3-6,9-10,12-13H2,1-2H3,(H,22,23). The summed E-state index contributed by atoms with van der Waals surface area (Å²) in [6.45, 7) is 6.75. The van der Waals surface area contributed by atoms with Gasteiger partial charge in [-0.05, 0) is 63.8 Å². The number of ether oxygens (including phenoxy) is 1. The predicted molar refractivity (Wildman–Crippen MR) is 92.5 cm³/mol. The molecule has 0 bridgehead atoms. The van der Waals surface area contributed by atoms with Crippen molar-refractivity contribution in [2.24, 2.45) is 5.92 Å². The first-order chi connectivity index (χ1) is 11.5. The highest BCUT2D eigenvalue weighted by atomic mass is 16.5. The molecule has 0 saturated carbocycles. The highest BCUT2D eigenvalue weighted by Gasteiger charge is 2.22. The third-order valence-electron chi connectivity index (χ3n) is 4.53. The molecule has 24 heavy (non-hydrogen) atoms. The summed E-state index contributed by atoms with van der Waals surface area (Å²) in [6.07, 6.45) is 3.15. The van der Waals surface area contributed by atoms with Gasteiger partial charge in [0.05, 0.1) is 6.61 Å². The van der Waals surface area contributed by atoms with Gasteiger partial charge in [0, 0.05) is 30.6 Å². The van der Waals surface area contributed by atoms with Crippen LogP contribution in [0.25, 0.3) is 0 Å². The van der Waals surface area contributed by atoms with E-state index in [1.165, 1.54) is 0 Å². The summed E-state index contributed by atoms with van der Waals surface area (Å²) < 4.78 is 5.70. The van der Waals surface area contributed by atoms with E-state index in [-0.39, 0.29) is 12.2 Å². The minimum atomic E-state index is -0.722. The molecule has 0 radical (unpaired) electrons. The lowest BCUT2D eigenvalue weighted by molar-refractivity contribution is -0.137. The molecule has 1 aliphatic rings. The van der Waals surface area contributed by atoms with Gasteiger partial charge in [-0.1, -0.05) is 0 Å². The molecule has 1 atom stereocenters. The Morgan fingerprint density at radius 2 is 2.17 bits per heavy atom. The number of benzene rings is 1. The number of likely N-dealkylation sites (tertiary alicyclic amines) is 1. The van der Waals surface area contributed by atoms with Crippen molar-refractivity contribution in [2.75, 3.05) is 19.7 Å². The summed E-state index contributed by atoms with van der Waals surface area (Å²) in [5.41, 5.74) is 1.73. The van der Waals surface area contributed by atoms with Crippen LogP contribution in [0.1, 0.15) is 55.5 Å². The van der Waals surface area contributed by atoms with Crippen LogP contribution < -0.4 is 4.74 Å². The molecule has 5 heteroatoms. The molecule has 1 aromatic rings. The third kappa shape index (κ3) is 5.34. The largest absolute Gasteiger partial charge is 0.494 e. The quantitative estimate of drug-likeness (QED) is 0.739. The Bertz CT molecular complexity index is 585. The van der Waals surface area contributed by atoms with Crippen molar-refractivity contribution in [2.45, 2.75) is 46.1 Å². The van der Waals surface area contributed by atoms with Gasteiger partial charge < -0.3 is 9.84 Å². The zero-order chi connectivity index (χ0) is 17.5. The molecule has 1 N–H and O–H groups in total. The summed E-state index contributed by atoms with van der Waals surface area (Å²) in [7, 11) is 0. The van der Waals surface area contributed by atoms with E-state index in [0.29, 0.717) is 18.1 Å². The fourth-order valence-corrected chi connectivity index (χ4v) is 3.32. The number of piperidine rings is 1. The third-order valence-corrected chi connectivity index (χ3v) is 4.53. The Kier molecular flexibility index (Phi) is 6.79. The summed E-state index contributed by atoms with van der Waals surface area (Å²) >= 11 is 0. The first kappa shape index (κ1) is 18.5. The first-order valence-electron chi connectivity index (χ1n) is 8.70. The minimum Gasteiger partial charge on any atom is -0.494 e. The molecule has 0 spiro atoms. The molecule has 1 aromatic carbocycles. The van der Waals surface area contributed by atoms with Crippen molar-refractivity contribution in [1.29, 1.82) is 0 Å². The van der Waals surface area contributed by atoms with E-state index in [4.69, 9.17) is 9.84 Å². The van der Waals surface area contributed by atoms with E-state index in [2.05, 4.69) is 4.90 Å². The summed E-state index contributed by atoms with van der Waals surface area (Å²) in [5, 5.41) is 8.86. The molecular weight excluding hydrogens is 306 g/mol. The Balaban J connectivity index is 2.06. The fraction of sp³-hybridized carbons (Fsp3) is 0.579. The van der Waals surface area contributed by atoms with E-state index in [0.717, 1.165) is 50.2 Å². The lowest BCUT2D eigenvalue weighted by Crippen LogP contribution is -2.35.